The Morgan fingerprint density at radius 2 is 2.33 bits per heavy atom. The van der Waals surface area contributed by atoms with Crippen molar-refractivity contribution in [1.29, 1.82) is 0 Å². The van der Waals surface area contributed by atoms with E-state index in [1.807, 2.05) is 5.92 Å². The molecular weight excluding hydrogens is 140 g/mol. The van der Waals surface area contributed by atoms with E-state index in [0.29, 0.717) is 0 Å². The van der Waals surface area contributed by atoms with Crippen molar-refractivity contribution in [1.82, 2.24) is 0 Å². The number of hydrogen-bond acceptors (Lipinski definition) is 2. The smallest absolute Gasteiger partial charge is 0.149 e. The molecule has 0 aliphatic carbocycles. The number of halogens is 1. The van der Waals surface area contributed by atoms with Gasteiger partial charge in [0.2, 0.25) is 0 Å². The Morgan fingerprint density at radius 3 is 2.44 bits per heavy atom. The molecular formula is C6H9ClO2. The van der Waals surface area contributed by atoms with Crippen molar-refractivity contribution < 1.29 is 10.2 Å². The van der Waals surface area contributed by atoms with Crippen molar-refractivity contribution in [3.63, 3.8) is 0 Å². The van der Waals surface area contributed by atoms with Crippen LogP contribution in [0.3, 0.4) is 0 Å². The van der Waals surface area contributed by atoms with Gasteiger partial charge in [-0.05, 0) is 6.92 Å². The summed E-state index contributed by atoms with van der Waals surface area (Å²) in [6.07, 6.45) is 3.81. The van der Waals surface area contributed by atoms with Gasteiger partial charge in [-0.3, -0.25) is 0 Å². The Balaban J connectivity index is 4.01. The molecule has 9 heavy (non-hydrogen) atoms. The quantitative estimate of drug-likeness (QED) is 0.427. The van der Waals surface area contributed by atoms with Gasteiger partial charge in [0.05, 0.1) is 5.88 Å². The molecule has 2 atom stereocenters. The summed E-state index contributed by atoms with van der Waals surface area (Å²) in [6, 6.07) is 0. The molecule has 0 saturated heterocycles. The number of hydrogen-bond donors (Lipinski definition) is 2. The molecule has 0 amide bonds. The van der Waals surface area contributed by atoms with E-state index < -0.39 is 11.7 Å². The fraction of sp³-hybridized carbons (Fsp3) is 0.667. The highest BCUT2D eigenvalue weighted by molar-refractivity contribution is 6.18. The molecule has 0 aliphatic heterocycles. The second-order valence-electron chi connectivity index (χ2n) is 1.96. The number of aliphatic hydroxyl groups excluding tert-OH is 1. The van der Waals surface area contributed by atoms with E-state index >= 15 is 0 Å². The van der Waals surface area contributed by atoms with Crippen LogP contribution in [0.15, 0.2) is 0 Å². The van der Waals surface area contributed by atoms with Gasteiger partial charge in [0, 0.05) is 0 Å². The average molecular weight is 149 g/mol. The molecule has 0 heterocycles. The van der Waals surface area contributed by atoms with Gasteiger partial charge < -0.3 is 10.2 Å². The Bertz CT molecular complexity index is 126. The van der Waals surface area contributed by atoms with Crippen LogP contribution < -0.4 is 0 Å². The van der Waals surface area contributed by atoms with Crippen molar-refractivity contribution in [2.24, 2.45) is 0 Å². The summed E-state index contributed by atoms with van der Waals surface area (Å²) < 4.78 is 0. The molecule has 2 N–H and O–H groups in total. The summed E-state index contributed by atoms with van der Waals surface area (Å²) in [5.41, 5.74) is -1.50. The van der Waals surface area contributed by atoms with Gasteiger partial charge in [-0.15, -0.1) is 18.0 Å². The van der Waals surface area contributed by atoms with Crippen molar-refractivity contribution >= 4 is 11.6 Å². The molecule has 0 rings (SSSR count). The van der Waals surface area contributed by atoms with Crippen molar-refractivity contribution in [3.05, 3.63) is 0 Å². The normalized spacial score (nSPS) is 19.9. The number of terminal acetylenes is 1. The zero-order valence-electron chi connectivity index (χ0n) is 5.13. The molecule has 0 aromatic carbocycles. The zero-order valence-corrected chi connectivity index (χ0v) is 5.89. The predicted molar refractivity (Wildman–Crippen MR) is 36.2 cm³/mol. The van der Waals surface area contributed by atoms with Crippen LogP contribution in [-0.4, -0.2) is 27.8 Å². The minimum absolute atomic E-state index is 0.0583. The molecule has 0 fully saturated rings. The second-order valence-corrected chi connectivity index (χ2v) is 2.27. The summed E-state index contributed by atoms with van der Waals surface area (Å²) in [6.45, 7) is 1.33. The lowest BCUT2D eigenvalue weighted by Gasteiger charge is -2.20. The largest absolute Gasteiger partial charge is 0.388 e. The highest BCUT2D eigenvalue weighted by Gasteiger charge is 2.26. The molecule has 52 valence electrons. The highest BCUT2D eigenvalue weighted by Crippen LogP contribution is 2.08. The second kappa shape index (κ2) is 3.07. The molecule has 0 aromatic heterocycles. The first-order chi connectivity index (χ1) is 4.04. The number of rotatable bonds is 2. The summed E-state index contributed by atoms with van der Waals surface area (Å²) in [7, 11) is 0. The van der Waals surface area contributed by atoms with Gasteiger partial charge in [-0.2, -0.15) is 0 Å². The molecule has 0 spiro atoms. The van der Waals surface area contributed by atoms with Gasteiger partial charge >= 0.3 is 0 Å². The Kier molecular flexibility index (Phi) is 2.99. The van der Waals surface area contributed by atoms with Crippen LogP contribution in [0, 0.1) is 12.3 Å². The van der Waals surface area contributed by atoms with Crippen LogP contribution in [0.2, 0.25) is 0 Å². The van der Waals surface area contributed by atoms with Gasteiger partial charge in [0.1, 0.15) is 11.7 Å². The number of aliphatic hydroxyl groups is 2. The van der Waals surface area contributed by atoms with E-state index in [0.717, 1.165) is 0 Å². The summed E-state index contributed by atoms with van der Waals surface area (Å²) >= 11 is 5.21. The molecule has 0 radical (unpaired) electrons. The molecule has 0 bridgehead atoms. The Hall–Kier alpha value is -0.230. The van der Waals surface area contributed by atoms with Crippen molar-refractivity contribution in [2.45, 2.75) is 18.6 Å². The monoisotopic (exact) mass is 148 g/mol. The summed E-state index contributed by atoms with van der Waals surface area (Å²) in [5, 5.41) is 17.9. The highest BCUT2D eigenvalue weighted by atomic mass is 35.5. The molecule has 3 heteroatoms. The molecule has 0 aromatic rings. The van der Waals surface area contributed by atoms with Crippen LogP contribution in [0.25, 0.3) is 0 Å². The third kappa shape index (κ3) is 2.23. The van der Waals surface area contributed by atoms with E-state index in [-0.39, 0.29) is 5.88 Å². The Morgan fingerprint density at radius 1 is 1.89 bits per heavy atom. The number of alkyl halides is 1. The lowest BCUT2D eigenvalue weighted by Crippen LogP contribution is -2.38. The van der Waals surface area contributed by atoms with E-state index in [1.165, 1.54) is 6.92 Å². The standard InChI is InChI=1S/C6H9ClO2/c1-3-6(2,9)5(8)4-7/h1,5,8-9H,4H2,2H3. The van der Waals surface area contributed by atoms with Crippen LogP contribution >= 0.6 is 11.6 Å². The minimum Gasteiger partial charge on any atom is -0.388 e. The zero-order chi connectivity index (χ0) is 7.49. The van der Waals surface area contributed by atoms with E-state index in [1.54, 1.807) is 0 Å². The molecule has 0 aliphatic rings. The van der Waals surface area contributed by atoms with E-state index in [2.05, 4.69) is 0 Å². The van der Waals surface area contributed by atoms with Gasteiger partial charge in [0.15, 0.2) is 0 Å². The molecule has 2 nitrogen and oxygen atoms in total. The lowest BCUT2D eigenvalue weighted by atomic mass is 10.0. The van der Waals surface area contributed by atoms with Crippen molar-refractivity contribution in [3.8, 4) is 12.3 Å². The molecule has 2 unspecified atom stereocenters. The van der Waals surface area contributed by atoms with Gasteiger partial charge in [0.25, 0.3) is 0 Å². The van der Waals surface area contributed by atoms with E-state index in [9.17, 15) is 0 Å². The maximum Gasteiger partial charge on any atom is 0.149 e. The lowest BCUT2D eigenvalue weighted by molar-refractivity contribution is -0.00574. The minimum atomic E-state index is -1.50. The maximum atomic E-state index is 9.02. The predicted octanol–water partition coefficient (Wildman–Crippen LogP) is -0.0297. The first kappa shape index (κ1) is 8.77. The fourth-order valence-corrected chi connectivity index (χ4v) is 0.547. The Labute approximate surface area is 59.5 Å². The third-order valence-corrected chi connectivity index (χ3v) is 1.38. The van der Waals surface area contributed by atoms with Crippen LogP contribution in [0.1, 0.15) is 6.92 Å². The van der Waals surface area contributed by atoms with Crippen LogP contribution in [-0.2, 0) is 0 Å². The maximum absolute atomic E-state index is 9.02. The third-order valence-electron chi connectivity index (χ3n) is 1.09. The van der Waals surface area contributed by atoms with E-state index in [4.69, 9.17) is 28.2 Å². The van der Waals surface area contributed by atoms with Gasteiger partial charge in [-0.1, -0.05) is 5.92 Å². The first-order valence-electron chi connectivity index (χ1n) is 2.48. The fourth-order valence-electron chi connectivity index (χ4n) is 0.246. The molecule has 0 saturated carbocycles. The topological polar surface area (TPSA) is 40.5 Å². The summed E-state index contributed by atoms with van der Waals surface area (Å²) in [5.74, 6) is 1.95. The van der Waals surface area contributed by atoms with Gasteiger partial charge in [-0.25, -0.2) is 0 Å². The van der Waals surface area contributed by atoms with Crippen LogP contribution in [0.4, 0.5) is 0 Å². The SMILES string of the molecule is C#CC(C)(O)C(O)CCl. The average Bonchev–Trinajstić information content (AvgIpc) is 1.86. The summed E-state index contributed by atoms with van der Waals surface area (Å²) in [4.78, 5) is 0. The van der Waals surface area contributed by atoms with Crippen molar-refractivity contribution in [2.75, 3.05) is 5.88 Å². The first-order valence-corrected chi connectivity index (χ1v) is 3.02. The van der Waals surface area contributed by atoms with Crippen LogP contribution in [0.5, 0.6) is 0 Å².